The normalized spacial score (nSPS) is 10.0. The third kappa shape index (κ3) is 3.20. The molecule has 0 heterocycles. The van der Waals surface area contributed by atoms with Crippen LogP contribution in [0, 0.1) is 3.57 Å². The van der Waals surface area contributed by atoms with E-state index in [2.05, 4.69) is 22.6 Å². The van der Waals surface area contributed by atoms with Crippen LogP contribution in [0.15, 0.2) is 42.5 Å². The highest BCUT2D eigenvalue weighted by Crippen LogP contribution is 2.29. The molecule has 0 radical (unpaired) electrons. The Balaban J connectivity index is 2.24. The molecule has 0 fully saturated rings. The van der Waals surface area contributed by atoms with Crippen molar-refractivity contribution in [2.45, 2.75) is 0 Å². The Morgan fingerprint density at radius 3 is 2.41 bits per heavy atom. The van der Waals surface area contributed by atoms with Gasteiger partial charge in [0.2, 0.25) is 0 Å². The second-order valence-corrected chi connectivity index (χ2v) is 5.02. The van der Waals surface area contributed by atoms with Crippen LogP contribution in [0.4, 0.5) is 0 Å². The highest BCUT2D eigenvalue weighted by molar-refractivity contribution is 14.1. The number of ether oxygens (including phenoxy) is 1. The second kappa shape index (κ2) is 5.51. The van der Waals surface area contributed by atoms with E-state index >= 15 is 0 Å². The molecule has 0 saturated heterocycles. The van der Waals surface area contributed by atoms with Gasteiger partial charge >= 0.3 is 0 Å². The molecule has 0 spiro atoms. The van der Waals surface area contributed by atoms with Crippen LogP contribution in [-0.2, 0) is 0 Å². The zero-order valence-corrected chi connectivity index (χ0v) is 11.6. The quantitative estimate of drug-likeness (QED) is 0.594. The average molecular weight is 359 g/mol. The number of hydrogen-bond acceptors (Lipinski definition) is 2. The topological polar surface area (TPSA) is 26.3 Å². The molecule has 2 aromatic carbocycles. The summed E-state index contributed by atoms with van der Waals surface area (Å²) < 4.78 is 6.75. The highest BCUT2D eigenvalue weighted by atomic mass is 127. The first-order chi connectivity index (χ1) is 8.19. The Morgan fingerprint density at radius 1 is 1.12 bits per heavy atom. The molecule has 0 atom stereocenters. The summed E-state index contributed by atoms with van der Waals surface area (Å²) in [5, 5.41) is 0.424. The van der Waals surface area contributed by atoms with Gasteiger partial charge in [-0.3, -0.25) is 4.79 Å². The number of hydrogen-bond donors (Lipinski definition) is 0. The van der Waals surface area contributed by atoms with E-state index in [1.807, 2.05) is 24.3 Å². The number of rotatable bonds is 3. The molecular formula is C13H8ClIO2. The van der Waals surface area contributed by atoms with Crippen LogP contribution in [0.2, 0.25) is 5.02 Å². The van der Waals surface area contributed by atoms with Crippen molar-refractivity contribution in [1.82, 2.24) is 0 Å². The maximum absolute atomic E-state index is 10.6. The summed E-state index contributed by atoms with van der Waals surface area (Å²) in [5.41, 5.74) is 0.532. The zero-order chi connectivity index (χ0) is 12.3. The maximum Gasteiger partial charge on any atom is 0.150 e. The van der Waals surface area contributed by atoms with Gasteiger partial charge in [-0.1, -0.05) is 11.6 Å². The van der Waals surface area contributed by atoms with Gasteiger partial charge < -0.3 is 4.74 Å². The number of halogens is 2. The lowest BCUT2D eigenvalue weighted by atomic mass is 10.2. The van der Waals surface area contributed by atoms with Crippen molar-refractivity contribution in [3.05, 3.63) is 56.6 Å². The fourth-order valence-corrected chi connectivity index (χ4v) is 1.89. The molecule has 0 aliphatic carbocycles. The molecule has 2 nitrogen and oxygen atoms in total. The molecule has 0 aliphatic rings. The molecule has 0 bridgehead atoms. The van der Waals surface area contributed by atoms with Gasteiger partial charge in [0.15, 0.2) is 0 Å². The van der Waals surface area contributed by atoms with E-state index in [0.717, 1.165) is 9.86 Å². The van der Waals surface area contributed by atoms with Crippen molar-refractivity contribution in [3.8, 4) is 11.5 Å². The van der Waals surface area contributed by atoms with Crippen molar-refractivity contribution in [2.75, 3.05) is 0 Å². The van der Waals surface area contributed by atoms with E-state index in [0.29, 0.717) is 22.1 Å². The minimum absolute atomic E-state index is 0.424. The fraction of sp³-hybridized carbons (Fsp3) is 0. The molecule has 0 aliphatic heterocycles. The molecule has 0 amide bonds. The van der Waals surface area contributed by atoms with Crippen LogP contribution in [0.3, 0.4) is 0 Å². The van der Waals surface area contributed by atoms with Crippen LogP contribution in [0.25, 0.3) is 0 Å². The van der Waals surface area contributed by atoms with Gasteiger partial charge in [0, 0.05) is 9.13 Å². The van der Waals surface area contributed by atoms with Gasteiger partial charge in [-0.2, -0.15) is 0 Å². The number of carbonyl (C=O) groups excluding carboxylic acids is 1. The Labute approximate surface area is 118 Å². The van der Waals surface area contributed by atoms with Gasteiger partial charge in [0.1, 0.15) is 17.8 Å². The van der Waals surface area contributed by atoms with E-state index < -0.39 is 0 Å². The van der Waals surface area contributed by atoms with Gasteiger partial charge in [0.05, 0.1) is 5.02 Å². The first-order valence-corrected chi connectivity index (χ1v) is 6.33. The summed E-state index contributed by atoms with van der Waals surface area (Å²) in [6.07, 6.45) is 0.751. The lowest BCUT2D eigenvalue weighted by molar-refractivity contribution is 0.112. The molecule has 2 rings (SSSR count). The molecule has 17 heavy (non-hydrogen) atoms. The van der Waals surface area contributed by atoms with Crippen molar-refractivity contribution < 1.29 is 9.53 Å². The highest BCUT2D eigenvalue weighted by Gasteiger charge is 2.04. The van der Waals surface area contributed by atoms with Crippen LogP contribution in [0.5, 0.6) is 11.5 Å². The first kappa shape index (κ1) is 12.4. The van der Waals surface area contributed by atoms with Gasteiger partial charge in [-0.05, 0) is 65.1 Å². The maximum atomic E-state index is 10.6. The van der Waals surface area contributed by atoms with Gasteiger partial charge in [-0.25, -0.2) is 0 Å². The van der Waals surface area contributed by atoms with Crippen molar-refractivity contribution in [3.63, 3.8) is 0 Å². The smallest absolute Gasteiger partial charge is 0.150 e. The average Bonchev–Trinajstić information content (AvgIpc) is 2.34. The van der Waals surface area contributed by atoms with Crippen molar-refractivity contribution >= 4 is 40.5 Å². The standard InChI is InChI=1S/C13H8ClIO2/c14-12-7-9(8-16)1-6-13(12)17-11-4-2-10(15)3-5-11/h1-8H. The van der Waals surface area contributed by atoms with E-state index in [1.54, 1.807) is 18.2 Å². The molecule has 86 valence electrons. The summed E-state index contributed by atoms with van der Waals surface area (Å²) in [4.78, 5) is 10.6. The van der Waals surface area contributed by atoms with E-state index in [-0.39, 0.29) is 0 Å². The van der Waals surface area contributed by atoms with Crippen LogP contribution < -0.4 is 4.74 Å². The Morgan fingerprint density at radius 2 is 1.82 bits per heavy atom. The van der Waals surface area contributed by atoms with Crippen molar-refractivity contribution in [2.24, 2.45) is 0 Å². The molecule has 0 unspecified atom stereocenters. The molecule has 0 aromatic heterocycles. The van der Waals surface area contributed by atoms with Crippen LogP contribution in [0.1, 0.15) is 10.4 Å². The third-order valence-corrected chi connectivity index (χ3v) is 3.15. The largest absolute Gasteiger partial charge is 0.456 e. The lowest BCUT2D eigenvalue weighted by Crippen LogP contribution is -1.87. The third-order valence-electron chi connectivity index (χ3n) is 2.13. The molecule has 0 N–H and O–H groups in total. The predicted octanol–water partition coefficient (Wildman–Crippen LogP) is 4.55. The Hall–Kier alpha value is -1.07. The van der Waals surface area contributed by atoms with E-state index in [4.69, 9.17) is 16.3 Å². The monoisotopic (exact) mass is 358 g/mol. The molecule has 0 saturated carbocycles. The summed E-state index contributed by atoms with van der Waals surface area (Å²) in [6.45, 7) is 0. The zero-order valence-electron chi connectivity index (χ0n) is 8.69. The van der Waals surface area contributed by atoms with Gasteiger partial charge in [0.25, 0.3) is 0 Å². The molecule has 2 aromatic rings. The fourth-order valence-electron chi connectivity index (χ4n) is 1.30. The molecular weight excluding hydrogens is 350 g/mol. The predicted molar refractivity (Wildman–Crippen MR) is 76.1 cm³/mol. The van der Waals surface area contributed by atoms with E-state index in [1.165, 1.54) is 0 Å². The van der Waals surface area contributed by atoms with Crippen molar-refractivity contribution in [1.29, 1.82) is 0 Å². The summed E-state index contributed by atoms with van der Waals surface area (Å²) in [6, 6.07) is 12.6. The number of benzene rings is 2. The summed E-state index contributed by atoms with van der Waals surface area (Å²) in [5.74, 6) is 1.25. The second-order valence-electron chi connectivity index (χ2n) is 3.36. The van der Waals surface area contributed by atoms with Gasteiger partial charge in [-0.15, -0.1) is 0 Å². The Bertz CT molecular complexity index is 538. The Kier molecular flexibility index (Phi) is 4.02. The first-order valence-electron chi connectivity index (χ1n) is 4.87. The van der Waals surface area contributed by atoms with Crippen LogP contribution in [-0.4, -0.2) is 6.29 Å². The summed E-state index contributed by atoms with van der Waals surface area (Å²) in [7, 11) is 0. The summed E-state index contributed by atoms with van der Waals surface area (Å²) >= 11 is 8.23. The number of aldehydes is 1. The SMILES string of the molecule is O=Cc1ccc(Oc2ccc(I)cc2)c(Cl)c1. The minimum Gasteiger partial charge on any atom is -0.456 e. The molecule has 4 heteroatoms. The van der Waals surface area contributed by atoms with Crippen LogP contribution >= 0.6 is 34.2 Å². The minimum atomic E-state index is 0.424. The number of carbonyl (C=O) groups is 1. The van der Waals surface area contributed by atoms with E-state index in [9.17, 15) is 4.79 Å². The lowest BCUT2D eigenvalue weighted by Gasteiger charge is -2.07.